The molecule has 0 bridgehead atoms. The van der Waals surface area contributed by atoms with E-state index in [1.54, 1.807) is 6.92 Å². The van der Waals surface area contributed by atoms with Crippen molar-refractivity contribution in [2.75, 3.05) is 7.11 Å². The highest BCUT2D eigenvalue weighted by molar-refractivity contribution is 5.75. The second-order valence-electron chi connectivity index (χ2n) is 3.18. The summed E-state index contributed by atoms with van der Waals surface area (Å²) in [5.41, 5.74) is -0.635. The second kappa shape index (κ2) is 3.13. The Morgan fingerprint density at radius 3 is 2.83 bits per heavy atom. The standard InChI is InChI=1S/C8H12O4/c1-8(5-7(10)11-2)4-3-6(9)12-8/h3-5H2,1-2H3. The van der Waals surface area contributed by atoms with Crippen molar-refractivity contribution in [3.63, 3.8) is 0 Å². The fourth-order valence-electron chi connectivity index (χ4n) is 1.25. The molecule has 4 nitrogen and oxygen atoms in total. The molecule has 1 rings (SSSR count). The molecule has 68 valence electrons. The maximum absolute atomic E-state index is 10.9. The Labute approximate surface area is 70.8 Å². The van der Waals surface area contributed by atoms with E-state index in [2.05, 4.69) is 4.74 Å². The summed E-state index contributed by atoms with van der Waals surface area (Å²) in [5.74, 6) is -0.575. The number of carbonyl (C=O) groups is 2. The largest absolute Gasteiger partial charge is 0.469 e. The molecule has 1 aliphatic heterocycles. The third-order valence-electron chi connectivity index (χ3n) is 1.96. The zero-order valence-electron chi connectivity index (χ0n) is 7.25. The molecule has 1 saturated heterocycles. The summed E-state index contributed by atoms with van der Waals surface area (Å²) in [7, 11) is 1.32. The fourth-order valence-corrected chi connectivity index (χ4v) is 1.25. The van der Waals surface area contributed by atoms with Crippen molar-refractivity contribution in [2.45, 2.75) is 31.8 Å². The van der Waals surface area contributed by atoms with Crippen LogP contribution in [0.4, 0.5) is 0 Å². The van der Waals surface area contributed by atoms with Crippen LogP contribution < -0.4 is 0 Å². The molecule has 4 heteroatoms. The summed E-state index contributed by atoms with van der Waals surface area (Å²) in [6, 6.07) is 0. The van der Waals surface area contributed by atoms with Crippen molar-refractivity contribution in [1.29, 1.82) is 0 Å². The maximum Gasteiger partial charge on any atom is 0.309 e. The minimum atomic E-state index is -0.635. The van der Waals surface area contributed by atoms with Crippen LogP contribution in [0.2, 0.25) is 0 Å². The van der Waals surface area contributed by atoms with Crippen LogP contribution in [0.3, 0.4) is 0 Å². The average Bonchev–Trinajstić information content (AvgIpc) is 2.30. The summed E-state index contributed by atoms with van der Waals surface area (Å²) >= 11 is 0. The molecular formula is C8H12O4. The van der Waals surface area contributed by atoms with E-state index in [0.717, 1.165) is 0 Å². The van der Waals surface area contributed by atoms with Gasteiger partial charge in [0.1, 0.15) is 5.60 Å². The Hall–Kier alpha value is -1.06. The van der Waals surface area contributed by atoms with Gasteiger partial charge in [-0.2, -0.15) is 0 Å². The van der Waals surface area contributed by atoms with Gasteiger partial charge in [0.15, 0.2) is 0 Å². The van der Waals surface area contributed by atoms with Gasteiger partial charge in [0.2, 0.25) is 0 Å². The van der Waals surface area contributed by atoms with Gasteiger partial charge in [-0.1, -0.05) is 0 Å². The zero-order chi connectivity index (χ0) is 9.19. The molecule has 0 saturated carbocycles. The Morgan fingerprint density at radius 2 is 2.42 bits per heavy atom. The van der Waals surface area contributed by atoms with Crippen LogP contribution in [-0.2, 0) is 19.1 Å². The van der Waals surface area contributed by atoms with Crippen LogP contribution in [0.25, 0.3) is 0 Å². The minimum Gasteiger partial charge on any atom is -0.469 e. The summed E-state index contributed by atoms with van der Waals surface area (Å²) in [6.07, 6.45) is 1.14. The first kappa shape index (κ1) is 9.03. The monoisotopic (exact) mass is 172 g/mol. The molecule has 0 aromatic rings. The minimum absolute atomic E-state index is 0.148. The highest BCUT2D eigenvalue weighted by Crippen LogP contribution is 2.29. The lowest BCUT2D eigenvalue weighted by Gasteiger charge is -2.20. The van der Waals surface area contributed by atoms with Crippen LogP contribution in [0, 0.1) is 0 Å². The topological polar surface area (TPSA) is 52.6 Å². The van der Waals surface area contributed by atoms with Gasteiger partial charge in [0, 0.05) is 6.42 Å². The van der Waals surface area contributed by atoms with Crippen molar-refractivity contribution < 1.29 is 19.1 Å². The number of hydrogen-bond acceptors (Lipinski definition) is 4. The molecule has 1 heterocycles. The van der Waals surface area contributed by atoms with E-state index in [4.69, 9.17) is 4.74 Å². The Bertz CT molecular complexity index is 211. The number of ether oxygens (including phenoxy) is 2. The van der Waals surface area contributed by atoms with Crippen molar-refractivity contribution in [2.24, 2.45) is 0 Å². The first-order valence-corrected chi connectivity index (χ1v) is 3.84. The molecule has 0 amide bonds. The van der Waals surface area contributed by atoms with Gasteiger partial charge in [-0.05, 0) is 13.3 Å². The van der Waals surface area contributed by atoms with Crippen molar-refractivity contribution in [3.05, 3.63) is 0 Å². The molecule has 1 unspecified atom stereocenters. The highest BCUT2D eigenvalue weighted by Gasteiger charge is 2.37. The van der Waals surface area contributed by atoms with Gasteiger partial charge < -0.3 is 9.47 Å². The number of esters is 2. The van der Waals surface area contributed by atoms with E-state index >= 15 is 0 Å². The Kier molecular flexibility index (Phi) is 2.35. The number of cyclic esters (lactones) is 1. The van der Waals surface area contributed by atoms with Crippen molar-refractivity contribution >= 4 is 11.9 Å². The summed E-state index contributed by atoms with van der Waals surface area (Å²) in [5, 5.41) is 0. The molecular weight excluding hydrogens is 160 g/mol. The van der Waals surface area contributed by atoms with Gasteiger partial charge in [-0.25, -0.2) is 0 Å². The summed E-state index contributed by atoms with van der Waals surface area (Å²) in [4.78, 5) is 21.6. The maximum atomic E-state index is 10.9. The van der Waals surface area contributed by atoms with Gasteiger partial charge in [0.25, 0.3) is 0 Å². The second-order valence-corrected chi connectivity index (χ2v) is 3.18. The molecule has 0 aliphatic carbocycles. The molecule has 0 N–H and O–H groups in total. The molecule has 12 heavy (non-hydrogen) atoms. The lowest BCUT2D eigenvalue weighted by Crippen LogP contribution is -2.28. The van der Waals surface area contributed by atoms with E-state index in [1.807, 2.05) is 0 Å². The van der Waals surface area contributed by atoms with E-state index in [1.165, 1.54) is 7.11 Å². The number of rotatable bonds is 2. The van der Waals surface area contributed by atoms with E-state index in [0.29, 0.717) is 12.8 Å². The van der Waals surface area contributed by atoms with E-state index in [-0.39, 0.29) is 18.4 Å². The van der Waals surface area contributed by atoms with Crippen LogP contribution in [0.1, 0.15) is 26.2 Å². The van der Waals surface area contributed by atoms with Gasteiger partial charge in [-0.15, -0.1) is 0 Å². The highest BCUT2D eigenvalue weighted by atomic mass is 16.6. The number of hydrogen-bond donors (Lipinski definition) is 0. The average molecular weight is 172 g/mol. The van der Waals surface area contributed by atoms with Gasteiger partial charge >= 0.3 is 11.9 Å². The quantitative estimate of drug-likeness (QED) is 0.574. The van der Waals surface area contributed by atoms with Crippen LogP contribution in [-0.4, -0.2) is 24.6 Å². The Morgan fingerprint density at radius 1 is 1.75 bits per heavy atom. The smallest absolute Gasteiger partial charge is 0.309 e. The lowest BCUT2D eigenvalue weighted by atomic mass is 9.99. The van der Waals surface area contributed by atoms with Crippen LogP contribution in [0.15, 0.2) is 0 Å². The predicted molar refractivity (Wildman–Crippen MR) is 40.4 cm³/mol. The Balaban J connectivity index is 2.50. The molecule has 0 aromatic heterocycles. The molecule has 1 fully saturated rings. The normalized spacial score (nSPS) is 28.3. The lowest BCUT2D eigenvalue weighted by molar-refractivity contribution is -0.154. The number of methoxy groups -OCH3 is 1. The van der Waals surface area contributed by atoms with Gasteiger partial charge in [0.05, 0.1) is 13.5 Å². The SMILES string of the molecule is COC(=O)CC1(C)CCC(=O)O1. The van der Waals surface area contributed by atoms with Crippen LogP contribution >= 0.6 is 0 Å². The first-order valence-electron chi connectivity index (χ1n) is 3.84. The van der Waals surface area contributed by atoms with Crippen LogP contribution in [0.5, 0.6) is 0 Å². The fraction of sp³-hybridized carbons (Fsp3) is 0.750. The van der Waals surface area contributed by atoms with Gasteiger partial charge in [-0.3, -0.25) is 9.59 Å². The molecule has 0 radical (unpaired) electrons. The van der Waals surface area contributed by atoms with Crippen molar-refractivity contribution in [1.82, 2.24) is 0 Å². The summed E-state index contributed by atoms with van der Waals surface area (Å²) < 4.78 is 9.46. The molecule has 0 spiro atoms. The summed E-state index contributed by atoms with van der Waals surface area (Å²) in [6.45, 7) is 1.74. The molecule has 1 atom stereocenters. The zero-order valence-corrected chi connectivity index (χ0v) is 7.25. The molecule has 0 aromatic carbocycles. The predicted octanol–water partition coefficient (Wildman–Crippen LogP) is 0.645. The third-order valence-corrected chi connectivity index (χ3v) is 1.96. The van der Waals surface area contributed by atoms with E-state index < -0.39 is 5.60 Å². The molecule has 1 aliphatic rings. The number of carbonyl (C=O) groups excluding carboxylic acids is 2. The first-order chi connectivity index (χ1) is 5.56. The third kappa shape index (κ3) is 1.96. The van der Waals surface area contributed by atoms with E-state index in [9.17, 15) is 9.59 Å². The van der Waals surface area contributed by atoms with Crippen molar-refractivity contribution in [3.8, 4) is 0 Å².